The minimum atomic E-state index is -2.92. The first-order chi connectivity index (χ1) is 19.6. The maximum absolute atomic E-state index is 14.4. The SMILES string of the molecule is N#Cc1ccnc(N2C(=O)CCC2C(=O)N(c2cncc(F)c2)[C@@H](C(=O)NC2CC(F)(F)C2)c2ccccc2Cl)c1. The van der Waals surface area contributed by atoms with Gasteiger partial charge in [-0.25, -0.2) is 18.2 Å². The largest absolute Gasteiger partial charge is 0.351 e. The second-order valence-corrected chi connectivity index (χ2v) is 10.2. The van der Waals surface area contributed by atoms with Crippen molar-refractivity contribution in [3.05, 3.63) is 83.0 Å². The molecule has 1 unspecified atom stereocenters. The van der Waals surface area contributed by atoms with Crippen molar-refractivity contribution in [2.24, 2.45) is 0 Å². The fourth-order valence-electron chi connectivity index (χ4n) is 5.06. The molecule has 210 valence electrons. The Morgan fingerprint density at radius 1 is 1.20 bits per heavy atom. The quantitative estimate of drug-likeness (QED) is 0.443. The molecule has 3 amide bonds. The van der Waals surface area contributed by atoms with E-state index >= 15 is 0 Å². The van der Waals surface area contributed by atoms with Crippen LogP contribution in [0.15, 0.2) is 61.1 Å². The number of nitrogens with zero attached hydrogens (tertiary/aromatic N) is 5. The lowest BCUT2D eigenvalue weighted by atomic mass is 9.87. The Kier molecular flexibility index (Phi) is 7.64. The Labute approximate surface area is 237 Å². The van der Waals surface area contributed by atoms with Gasteiger partial charge < -0.3 is 5.32 Å². The number of pyridine rings is 2. The molecule has 2 aromatic heterocycles. The Morgan fingerprint density at radius 3 is 2.63 bits per heavy atom. The lowest BCUT2D eigenvalue weighted by Crippen LogP contribution is -2.56. The van der Waals surface area contributed by atoms with Gasteiger partial charge in [-0.1, -0.05) is 29.8 Å². The van der Waals surface area contributed by atoms with Crippen molar-refractivity contribution in [3.63, 3.8) is 0 Å². The van der Waals surface area contributed by atoms with E-state index in [2.05, 4.69) is 15.3 Å². The van der Waals surface area contributed by atoms with E-state index in [4.69, 9.17) is 11.6 Å². The molecule has 1 aliphatic carbocycles. The zero-order valence-electron chi connectivity index (χ0n) is 21.3. The molecule has 0 spiro atoms. The molecule has 41 heavy (non-hydrogen) atoms. The van der Waals surface area contributed by atoms with Gasteiger partial charge in [0, 0.05) is 48.2 Å². The molecule has 5 rings (SSSR count). The van der Waals surface area contributed by atoms with Crippen LogP contribution < -0.4 is 15.1 Å². The zero-order chi connectivity index (χ0) is 29.3. The number of rotatable bonds is 7. The number of alkyl halides is 2. The van der Waals surface area contributed by atoms with Crippen LogP contribution >= 0.6 is 11.6 Å². The molecule has 2 aliphatic rings. The van der Waals surface area contributed by atoms with E-state index in [0.29, 0.717) is 0 Å². The molecular formula is C28H22ClF3N6O3. The summed E-state index contributed by atoms with van der Waals surface area (Å²) in [6.45, 7) is 0. The van der Waals surface area contributed by atoms with E-state index in [9.17, 15) is 32.8 Å². The van der Waals surface area contributed by atoms with Crippen LogP contribution in [-0.2, 0) is 14.4 Å². The monoisotopic (exact) mass is 582 g/mol. The van der Waals surface area contributed by atoms with E-state index in [1.54, 1.807) is 12.1 Å². The van der Waals surface area contributed by atoms with Crippen LogP contribution in [0.4, 0.5) is 24.7 Å². The highest BCUT2D eigenvalue weighted by Gasteiger charge is 2.48. The molecule has 1 saturated heterocycles. The molecule has 3 aromatic rings. The van der Waals surface area contributed by atoms with Crippen LogP contribution in [0.3, 0.4) is 0 Å². The van der Waals surface area contributed by atoms with Crippen LogP contribution in [-0.4, -0.2) is 45.7 Å². The number of amides is 3. The maximum Gasteiger partial charge on any atom is 0.252 e. The summed E-state index contributed by atoms with van der Waals surface area (Å²) in [6, 6.07) is 8.32. The molecular weight excluding hydrogens is 561 g/mol. The third-order valence-electron chi connectivity index (χ3n) is 6.97. The van der Waals surface area contributed by atoms with Gasteiger partial charge in [0.15, 0.2) is 0 Å². The molecule has 1 N–H and O–H groups in total. The Hall–Kier alpha value is -4.50. The van der Waals surface area contributed by atoms with Gasteiger partial charge >= 0.3 is 0 Å². The number of halogens is 4. The van der Waals surface area contributed by atoms with Crippen LogP contribution in [0.25, 0.3) is 0 Å². The molecule has 9 nitrogen and oxygen atoms in total. The molecule has 3 heterocycles. The Balaban J connectivity index is 1.61. The summed E-state index contributed by atoms with van der Waals surface area (Å²) in [5.74, 6) is -5.73. The van der Waals surface area contributed by atoms with Gasteiger partial charge in [-0.05, 0) is 24.6 Å². The summed E-state index contributed by atoms with van der Waals surface area (Å²) in [5, 5.41) is 12.0. The van der Waals surface area contributed by atoms with Gasteiger partial charge in [-0.2, -0.15) is 5.26 Å². The maximum atomic E-state index is 14.4. The van der Waals surface area contributed by atoms with Crippen molar-refractivity contribution >= 4 is 40.8 Å². The van der Waals surface area contributed by atoms with E-state index in [1.165, 1.54) is 36.7 Å². The fourth-order valence-corrected chi connectivity index (χ4v) is 5.30. The van der Waals surface area contributed by atoms with Gasteiger partial charge in [0.25, 0.3) is 11.8 Å². The van der Waals surface area contributed by atoms with Crippen molar-refractivity contribution in [2.45, 2.75) is 49.7 Å². The number of nitriles is 1. The van der Waals surface area contributed by atoms with Crippen molar-refractivity contribution in [2.75, 3.05) is 9.80 Å². The molecule has 1 aliphatic heterocycles. The molecule has 0 radical (unpaired) electrons. The molecule has 0 bridgehead atoms. The van der Waals surface area contributed by atoms with Crippen LogP contribution in [0.1, 0.15) is 42.9 Å². The number of nitrogens with one attached hydrogen (secondary N) is 1. The summed E-state index contributed by atoms with van der Waals surface area (Å²) >= 11 is 6.47. The number of hydrogen-bond acceptors (Lipinski definition) is 6. The van der Waals surface area contributed by atoms with Gasteiger partial charge in [0.05, 0.1) is 29.7 Å². The van der Waals surface area contributed by atoms with Crippen LogP contribution in [0.2, 0.25) is 5.02 Å². The minimum absolute atomic E-state index is 0.0288. The third-order valence-corrected chi connectivity index (χ3v) is 7.31. The van der Waals surface area contributed by atoms with Crippen molar-refractivity contribution < 1.29 is 27.6 Å². The molecule has 2 fully saturated rings. The number of benzene rings is 1. The van der Waals surface area contributed by atoms with Crippen LogP contribution in [0.5, 0.6) is 0 Å². The van der Waals surface area contributed by atoms with Gasteiger partial charge in [0.2, 0.25) is 11.8 Å². The number of carbonyl (C=O) groups excluding carboxylic acids is 3. The number of hydrogen-bond donors (Lipinski definition) is 1. The first-order valence-electron chi connectivity index (χ1n) is 12.6. The summed E-state index contributed by atoms with van der Waals surface area (Å²) in [4.78, 5) is 51.2. The molecule has 1 aromatic carbocycles. The lowest BCUT2D eigenvalue weighted by molar-refractivity contribution is -0.133. The second kappa shape index (κ2) is 11.2. The summed E-state index contributed by atoms with van der Waals surface area (Å²) < 4.78 is 41.6. The minimum Gasteiger partial charge on any atom is -0.351 e. The lowest BCUT2D eigenvalue weighted by Gasteiger charge is -2.39. The molecule has 1 saturated carbocycles. The predicted molar refractivity (Wildman–Crippen MR) is 141 cm³/mol. The molecule has 2 atom stereocenters. The van der Waals surface area contributed by atoms with E-state index in [0.717, 1.165) is 22.1 Å². The van der Waals surface area contributed by atoms with E-state index in [-0.39, 0.29) is 40.5 Å². The zero-order valence-corrected chi connectivity index (χ0v) is 22.1. The van der Waals surface area contributed by atoms with E-state index < -0.39 is 60.4 Å². The average molecular weight is 583 g/mol. The van der Waals surface area contributed by atoms with Gasteiger partial charge in [-0.15, -0.1) is 0 Å². The highest BCUT2D eigenvalue weighted by Crippen LogP contribution is 2.39. The van der Waals surface area contributed by atoms with Crippen molar-refractivity contribution in [1.82, 2.24) is 15.3 Å². The predicted octanol–water partition coefficient (Wildman–Crippen LogP) is 4.32. The fraction of sp³-hybridized carbons (Fsp3) is 0.286. The van der Waals surface area contributed by atoms with Crippen molar-refractivity contribution in [3.8, 4) is 6.07 Å². The van der Waals surface area contributed by atoms with Crippen molar-refractivity contribution in [1.29, 1.82) is 5.26 Å². The second-order valence-electron chi connectivity index (χ2n) is 9.80. The van der Waals surface area contributed by atoms with E-state index in [1.807, 2.05) is 6.07 Å². The topological polar surface area (TPSA) is 119 Å². The number of anilines is 2. The van der Waals surface area contributed by atoms with Gasteiger partial charge in [0.1, 0.15) is 23.7 Å². The highest BCUT2D eigenvalue weighted by molar-refractivity contribution is 6.31. The third kappa shape index (κ3) is 5.71. The average Bonchev–Trinajstić information content (AvgIpc) is 3.32. The summed E-state index contributed by atoms with van der Waals surface area (Å²) in [5.41, 5.74) is 0.237. The van der Waals surface area contributed by atoms with Crippen LogP contribution in [0, 0.1) is 17.1 Å². The smallest absolute Gasteiger partial charge is 0.252 e. The number of carbonyl (C=O) groups is 3. The standard InChI is InChI=1S/C28H22ClF3N6O3/c29-21-4-2-1-3-20(21)25(26(40)36-18-11-28(31,32)12-18)37(19-10-17(30)14-34-15-19)27(41)22-5-6-24(39)38(22)23-9-16(13-33)7-8-35-23/h1-4,7-10,14-15,18,22,25H,5-6,11-12H2,(H,36,40)/t22?,25-/m1/s1. The normalized spacial score (nSPS) is 18.8. The first kappa shape index (κ1) is 28.0. The summed E-state index contributed by atoms with van der Waals surface area (Å²) in [6.07, 6.45) is 2.25. The first-order valence-corrected chi connectivity index (χ1v) is 13.0. The van der Waals surface area contributed by atoms with Gasteiger partial charge in [-0.3, -0.25) is 29.2 Å². The highest BCUT2D eigenvalue weighted by atomic mass is 35.5. The molecule has 13 heteroatoms. The summed E-state index contributed by atoms with van der Waals surface area (Å²) in [7, 11) is 0. The number of aromatic nitrogens is 2. The Bertz CT molecular complexity index is 1560. The Morgan fingerprint density at radius 2 is 1.95 bits per heavy atom.